The van der Waals surface area contributed by atoms with Crippen LogP contribution in [0, 0.1) is 19.3 Å². The average molecular weight is 264 g/mol. The van der Waals surface area contributed by atoms with Crippen LogP contribution in [0.2, 0.25) is 0 Å². The molecule has 0 amide bonds. The predicted octanol–water partition coefficient (Wildman–Crippen LogP) is 2.78. The van der Waals surface area contributed by atoms with E-state index < -0.39 is 0 Å². The van der Waals surface area contributed by atoms with Gasteiger partial charge in [-0.25, -0.2) is 0 Å². The fraction of sp³-hybridized carbons (Fsp3) is 0.625. The third kappa shape index (κ3) is 4.84. The van der Waals surface area contributed by atoms with Crippen LogP contribution < -0.4 is 15.8 Å². The Morgan fingerprint density at radius 2 is 1.89 bits per heavy atom. The lowest BCUT2D eigenvalue weighted by Crippen LogP contribution is -2.28. The van der Waals surface area contributed by atoms with Gasteiger partial charge >= 0.3 is 0 Å². The molecule has 0 saturated heterocycles. The molecule has 19 heavy (non-hydrogen) atoms. The number of methoxy groups -OCH3 is 1. The van der Waals surface area contributed by atoms with Crippen molar-refractivity contribution < 1.29 is 4.74 Å². The maximum absolute atomic E-state index is 5.73. The SMILES string of the molecule is COc1cc(C)c(CNCCC(C)(C)CN)cc1C. The van der Waals surface area contributed by atoms with Crippen LogP contribution >= 0.6 is 0 Å². The lowest BCUT2D eigenvalue weighted by atomic mass is 9.90. The lowest BCUT2D eigenvalue weighted by molar-refractivity contribution is 0.339. The summed E-state index contributed by atoms with van der Waals surface area (Å²) >= 11 is 0. The number of nitrogens with one attached hydrogen (secondary N) is 1. The standard InChI is InChI=1S/C16H28N2O/c1-12-9-15(19-5)13(2)8-14(12)10-18-7-6-16(3,4)11-17/h8-9,18H,6-7,10-11,17H2,1-5H3. The van der Waals surface area contributed by atoms with Crippen molar-refractivity contribution in [2.45, 2.75) is 40.7 Å². The zero-order valence-electron chi connectivity index (χ0n) is 13.0. The number of rotatable bonds is 7. The largest absolute Gasteiger partial charge is 0.496 e. The van der Waals surface area contributed by atoms with Gasteiger partial charge in [0, 0.05) is 6.54 Å². The van der Waals surface area contributed by atoms with Crippen molar-refractivity contribution in [1.82, 2.24) is 5.32 Å². The van der Waals surface area contributed by atoms with Crippen LogP contribution in [-0.2, 0) is 6.54 Å². The molecule has 0 spiro atoms. The molecule has 0 aliphatic heterocycles. The summed E-state index contributed by atoms with van der Waals surface area (Å²) in [5.41, 5.74) is 9.75. The number of nitrogens with two attached hydrogens (primary N) is 1. The molecule has 1 aromatic carbocycles. The minimum absolute atomic E-state index is 0.220. The quantitative estimate of drug-likeness (QED) is 0.744. The molecule has 1 aromatic rings. The molecule has 3 heteroatoms. The molecule has 3 N–H and O–H groups in total. The van der Waals surface area contributed by atoms with Crippen LogP contribution in [-0.4, -0.2) is 20.2 Å². The van der Waals surface area contributed by atoms with Crippen molar-refractivity contribution in [2.75, 3.05) is 20.2 Å². The summed E-state index contributed by atoms with van der Waals surface area (Å²) < 4.78 is 5.33. The molecule has 108 valence electrons. The molecule has 0 saturated carbocycles. The van der Waals surface area contributed by atoms with E-state index in [1.54, 1.807) is 7.11 Å². The Kier molecular flexibility index (Phi) is 5.83. The van der Waals surface area contributed by atoms with Crippen LogP contribution in [0.15, 0.2) is 12.1 Å². The molecule has 0 aliphatic carbocycles. The van der Waals surface area contributed by atoms with E-state index in [9.17, 15) is 0 Å². The van der Waals surface area contributed by atoms with E-state index in [-0.39, 0.29) is 5.41 Å². The number of benzene rings is 1. The first-order chi connectivity index (χ1) is 8.89. The van der Waals surface area contributed by atoms with E-state index in [1.807, 2.05) is 0 Å². The fourth-order valence-corrected chi connectivity index (χ4v) is 2.01. The second kappa shape index (κ2) is 6.92. The van der Waals surface area contributed by atoms with Crippen molar-refractivity contribution in [3.05, 3.63) is 28.8 Å². The second-order valence-corrected chi connectivity index (χ2v) is 6.04. The molecule has 0 aromatic heterocycles. The van der Waals surface area contributed by atoms with Crippen molar-refractivity contribution in [3.8, 4) is 5.75 Å². The Morgan fingerprint density at radius 3 is 2.47 bits per heavy atom. The summed E-state index contributed by atoms with van der Waals surface area (Å²) in [6, 6.07) is 4.31. The molecular weight excluding hydrogens is 236 g/mol. The van der Waals surface area contributed by atoms with Gasteiger partial charge < -0.3 is 15.8 Å². The Bertz CT molecular complexity index is 413. The van der Waals surface area contributed by atoms with E-state index in [0.29, 0.717) is 0 Å². The Morgan fingerprint density at radius 1 is 1.21 bits per heavy atom. The molecule has 3 nitrogen and oxygen atoms in total. The molecule has 1 rings (SSSR count). The third-order valence-corrected chi connectivity index (χ3v) is 3.70. The van der Waals surface area contributed by atoms with Gasteiger partial charge in [-0.1, -0.05) is 19.9 Å². The molecule has 0 bridgehead atoms. The van der Waals surface area contributed by atoms with Crippen LogP contribution in [0.5, 0.6) is 5.75 Å². The summed E-state index contributed by atoms with van der Waals surface area (Å²) in [5.74, 6) is 0.963. The van der Waals surface area contributed by atoms with E-state index in [0.717, 1.165) is 31.8 Å². The number of aryl methyl sites for hydroxylation is 2. The lowest BCUT2D eigenvalue weighted by Gasteiger charge is -2.22. The van der Waals surface area contributed by atoms with Gasteiger partial charge in [0.1, 0.15) is 5.75 Å². The maximum atomic E-state index is 5.73. The van der Waals surface area contributed by atoms with E-state index in [4.69, 9.17) is 10.5 Å². The van der Waals surface area contributed by atoms with Gasteiger partial charge in [0.2, 0.25) is 0 Å². The molecule has 0 atom stereocenters. The fourth-order valence-electron chi connectivity index (χ4n) is 2.01. The third-order valence-electron chi connectivity index (χ3n) is 3.70. The van der Waals surface area contributed by atoms with Gasteiger partial charge in [0.25, 0.3) is 0 Å². The first-order valence-electron chi connectivity index (χ1n) is 6.94. The Balaban J connectivity index is 2.52. The molecule has 0 heterocycles. The predicted molar refractivity (Wildman–Crippen MR) is 81.6 cm³/mol. The summed E-state index contributed by atoms with van der Waals surface area (Å²) in [6.45, 7) is 11.2. The van der Waals surface area contributed by atoms with E-state index in [2.05, 4.69) is 45.1 Å². The summed E-state index contributed by atoms with van der Waals surface area (Å²) in [4.78, 5) is 0. The van der Waals surface area contributed by atoms with Crippen LogP contribution in [0.4, 0.5) is 0 Å². The maximum Gasteiger partial charge on any atom is 0.122 e. The second-order valence-electron chi connectivity index (χ2n) is 6.04. The van der Waals surface area contributed by atoms with Gasteiger partial charge in [0.15, 0.2) is 0 Å². The zero-order chi connectivity index (χ0) is 14.5. The highest BCUT2D eigenvalue weighted by Gasteiger charge is 2.14. The van der Waals surface area contributed by atoms with Crippen LogP contribution in [0.3, 0.4) is 0 Å². The van der Waals surface area contributed by atoms with Crippen LogP contribution in [0.25, 0.3) is 0 Å². The smallest absolute Gasteiger partial charge is 0.122 e. The minimum atomic E-state index is 0.220. The highest BCUT2D eigenvalue weighted by atomic mass is 16.5. The van der Waals surface area contributed by atoms with E-state index >= 15 is 0 Å². The highest BCUT2D eigenvalue weighted by Crippen LogP contribution is 2.22. The van der Waals surface area contributed by atoms with Crippen molar-refractivity contribution in [1.29, 1.82) is 0 Å². The summed E-state index contributed by atoms with van der Waals surface area (Å²) in [5, 5.41) is 3.50. The normalized spacial score (nSPS) is 11.7. The first-order valence-corrected chi connectivity index (χ1v) is 6.94. The van der Waals surface area contributed by atoms with Gasteiger partial charge in [-0.15, -0.1) is 0 Å². The molecule has 0 fully saturated rings. The average Bonchev–Trinajstić information content (AvgIpc) is 2.38. The van der Waals surface area contributed by atoms with Gasteiger partial charge in [0.05, 0.1) is 7.11 Å². The van der Waals surface area contributed by atoms with Crippen LogP contribution in [0.1, 0.15) is 37.0 Å². The van der Waals surface area contributed by atoms with Gasteiger partial charge in [-0.2, -0.15) is 0 Å². The van der Waals surface area contributed by atoms with Crippen molar-refractivity contribution >= 4 is 0 Å². The number of ether oxygens (including phenoxy) is 1. The Hall–Kier alpha value is -1.06. The molecule has 0 unspecified atom stereocenters. The topological polar surface area (TPSA) is 47.3 Å². The summed E-state index contributed by atoms with van der Waals surface area (Å²) in [6.07, 6.45) is 1.09. The molecular formula is C16H28N2O. The highest BCUT2D eigenvalue weighted by molar-refractivity contribution is 5.41. The molecule has 0 aliphatic rings. The van der Waals surface area contributed by atoms with Gasteiger partial charge in [-0.05, 0) is 61.5 Å². The molecule has 0 radical (unpaired) electrons. The summed E-state index contributed by atoms with van der Waals surface area (Å²) in [7, 11) is 1.72. The van der Waals surface area contributed by atoms with Crippen molar-refractivity contribution in [3.63, 3.8) is 0 Å². The number of hydrogen-bond acceptors (Lipinski definition) is 3. The first kappa shape index (κ1) is 16.0. The minimum Gasteiger partial charge on any atom is -0.496 e. The van der Waals surface area contributed by atoms with E-state index in [1.165, 1.54) is 16.7 Å². The monoisotopic (exact) mass is 264 g/mol. The Labute approximate surface area is 117 Å². The van der Waals surface area contributed by atoms with Gasteiger partial charge in [-0.3, -0.25) is 0 Å². The zero-order valence-corrected chi connectivity index (χ0v) is 13.0. The number of hydrogen-bond donors (Lipinski definition) is 2. The van der Waals surface area contributed by atoms with Crippen molar-refractivity contribution in [2.24, 2.45) is 11.1 Å².